The zero-order chi connectivity index (χ0) is 24.5. The first-order chi connectivity index (χ1) is 16.8. The minimum Gasteiger partial charge on any atom is -0.487 e. The molecule has 1 amide bonds. The van der Waals surface area contributed by atoms with Crippen LogP contribution in [0.15, 0.2) is 48.5 Å². The molecule has 2 spiro atoms. The number of amides is 1. The number of hydrogen-bond donors (Lipinski definition) is 1. The first kappa shape index (κ1) is 24.0. The summed E-state index contributed by atoms with van der Waals surface area (Å²) in [6, 6.07) is 16.7. The van der Waals surface area contributed by atoms with E-state index < -0.39 is 5.60 Å². The van der Waals surface area contributed by atoms with E-state index in [0.29, 0.717) is 13.1 Å². The molecule has 0 saturated carbocycles. The highest BCUT2D eigenvalue weighted by Crippen LogP contribution is 2.41. The smallest absolute Gasteiger partial charge is 0.410 e. The van der Waals surface area contributed by atoms with Crippen LogP contribution >= 0.6 is 0 Å². The fraction of sp³-hybridized carbons (Fsp3) is 0.552. The Labute approximate surface area is 208 Å². The standard InChI is InChI=1S/C17H23NO3.C12H15NO/c1-16(2,3)21-15(19)18-10-8-17(9-11-18)12-13-6-4-5-7-14(13)20-17;1-2-4-11-10(3-1)9-12(14-11)5-7-13-8-6-12/h4-7H,8-12H2,1-3H3;1-4,13H,5-9H2. The number of likely N-dealkylation sites (tertiary alicyclic amines) is 1. The highest BCUT2D eigenvalue weighted by atomic mass is 16.6. The maximum atomic E-state index is 12.1. The zero-order valence-electron chi connectivity index (χ0n) is 21.3. The Morgan fingerprint density at radius 2 is 1.31 bits per heavy atom. The molecule has 0 atom stereocenters. The summed E-state index contributed by atoms with van der Waals surface area (Å²) < 4.78 is 17.7. The summed E-state index contributed by atoms with van der Waals surface area (Å²) in [6.45, 7) is 9.26. The van der Waals surface area contributed by atoms with Crippen LogP contribution < -0.4 is 14.8 Å². The SMILES string of the molecule is CC(C)(C)OC(=O)N1CCC2(CC1)Cc1ccccc1O2.c1ccc2c(c1)CC1(CCNCC1)O2. The lowest BCUT2D eigenvalue weighted by atomic mass is 9.87. The number of fused-ring (bicyclic) bond motifs is 2. The van der Waals surface area contributed by atoms with Crippen LogP contribution in [0.1, 0.15) is 57.6 Å². The molecule has 188 valence electrons. The van der Waals surface area contributed by atoms with E-state index in [-0.39, 0.29) is 17.3 Å². The van der Waals surface area contributed by atoms with E-state index in [1.165, 1.54) is 11.1 Å². The molecule has 0 bridgehead atoms. The van der Waals surface area contributed by atoms with Crippen molar-refractivity contribution in [2.24, 2.45) is 0 Å². The average Bonchev–Trinajstić information content (AvgIpc) is 3.36. The van der Waals surface area contributed by atoms with Gasteiger partial charge in [0.05, 0.1) is 0 Å². The lowest BCUT2D eigenvalue weighted by Gasteiger charge is -2.39. The third-order valence-corrected chi connectivity index (χ3v) is 7.46. The number of rotatable bonds is 0. The Morgan fingerprint density at radius 1 is 0.829 bits per heavy atom. The van der Waals surface area contributed by atoms with Crippen molar-refractivity contribution >= 4 is 6.09 Å². The Balaban J connectivity index is 0.000000156. The molecular formula is C29H38N2O4. The molecule has 6 nitrogen and oxygen atoms in total. The van der Waals surface area contributed by atoms with Gasteiger partial charge >= 0.3 is 6.09 Å². The maximum Gasteiger partial charge on any atom is 0.410 e. The molecule has 6 heteroatoms. The highest BCUT2D eigenvalue weighted by Gasteiger charge is 2.43. The van der Waals surface area contributed by atoms with E-state index in [2.05, 4.69) is 41.7 Å². The van der Waals surface area contributed by atoms with Crippen LogP contribution in [-0.2, 0) is 17.6 Å². The number of benzene rings is 2. The molecule has 0 aromatic heterocycles. The minimum absolute atomic E-state index is 0.120. The van der Waals surface area contributed by atoms with Gasteiger partial charge in [0.15, 0.2) is 0 Å². The van der Waals surface area contributed by atoms with Crippen molar-refractivity contribution in [3.63, 3.8) is 0 Å². The molecule has 0 unspecified atom stereocenters. The first-order valence-corrected chi connectivity index (χ1v) is 13.0. The number of hydrogen-bond acceptors (Lipinski definition) is 5. The second-order valence-corrected chi connectivity index (χ2v) is 11.4. The van der Waals surface area contributed by atoms with Crippen molar-refractivity contribution in [1.82, 2.24) is 10.2 Å². The second-order valence-electron chi connectivity index (χ2n) is 11.4. The predicted molar refractivity (Wildman–Crippen MR) is 136 cm³/mol. The fourth-order valence-corrected chi connectivity index (χ4v) is 5.60. The number of piperidine rings is 2. The summed E-state index contributed by atoms with van der Waals surface area (Å²) in [6.07, 6.45) is 5.84. The number of para-hydroxylation sites is 2. The molecule has 0 aliphatic carbocycles. The van der Waals surface area contributed by atoms with Crippen molar-refractivity contribution in [2.75, 3.05) is 26.2 Å². The number of carbonyl (C=O) groups is 1. The van der Waals surface area contributed by atoms with E-state index >= 15 is 0 Å². The van der Waals surface area contributed by atoms with Gasteiger partial charge < -0.3 is 24.4 Å². The number of nitrogens with zero attached hydrogens (tertiary/aromatic N) is 1. The van der Waals surface area contributed by atoms with Gasteiger partial charge in [-0.15, -0.1) is 0 Å². The Kier molecular flexibility index (Phi) is 6.43. The second kappa shape index (κ2) is 9.38. The van der Waals surface area contributed by atoms with Gasteiger partial charge in [-0.3, -0.25) is 0 Å². The van der Waals surface area contributed by atoms with Crippen molar-refractivity contribution in [1.29, 1.82) is 0 Å². The van der Waals surface area contributed by atoms with Gasteiger partial charge in [0, 0.05) is 38.8 Å². The molecule has 2 aromatic carbocycles. The van der Waals surface area contributed by atoms with Crippen LogP contribution in [0.4, 0.5) is 4.79 Å². The van der Waals surface area contributed by atoms with Crippen LogP contribution in [0, 0.1) is 0 Å². The number of ether oxygens (including phenoxy) is 3. The lowest BCUT2D eigenvalue weighted by Crippen LogP contribution is -2.50. The number of carbonyl (C=O) groups excluding carboxylic acids is 1. The molecule has 4 aliphatic heterocycles. The van der Waals surface area contributed by atoms with Gasteiger partial charge in [-0.1, -0.05) is 36.4 Å². The van der Waals surface area contributed by atoms with Crippen LogP contribution in [-0.4, -0.2) is 54.0 Å². The average molecular weight is 479 g/mol. The summed E-state index contributed by atoms with van der Waals surface area (Å²) >= 11 is 0. The van der Waals surface area contributed by atoms with Gasteiger partial charge in [0.25, 0.3) is 0 Å². The van der Waals surface area contributed by atoms with Crippen molar-refractivity contribution in [3.05, 3.63) is 59.7 Å². The normalized spacial score (nSPS) is 21.3. The summed E-state index contributed by atoms with van der Waals surface area (Å²) in [7, 11) is 0. The van der Waals surface area contributed by atoms with E-state index in [4.69, 9.17) is 14.2 Å². The highest BCUT2D eigenvalue weighted by molar-refractivity contribution is 5.68. The van der Waals surface area contributed by atoms with Crippen molar-refractivity contribution in [2.45, 2.75) is 76.1 Å². The van der Waals surface area contributed by atoms with Crippen LogP contribution in [0.25, 0.3) is 0 Å². The Morgan fingerprint density at radius 3 is 1.80 bits per heavy atom. The molecule has 0 radical (unpaired) electrons. The third kappa shape index (κ3) is 5.43. The molecule has 35 heavy (non-hydrogen) atoms. The zero-order valence-corrected chi connectivity index (χ0v) is 21.3. The Bertz CT molecular complexity index is 993. The van der Waals surface area contributed by atoms with Gasteiger partial charge in [0.1, 0.15) is 28.3 Å². The van der Waals surface area contributed by atoms with Crippen molar-refractivity contribution in [3.8, 4) is 11.5 Å². The summed E-state index contributed by atoms with van der Waals surface area (Å²) in [5.41, 5.74) is 2.22. The predicted octanol–water partition coefficient (Wildman–Crippen LogP) is 5.13. The van der Waals surface area contributed by atoms with Gasteiger partial charge in [-0.25, -0.2) is 4.79 Å². The van der Waals surface area contributed by atoms with Gasteiger partial charge in [0.2, 0.25) is 0 Å². The van der Waals surface area contributed by atoms with Gasteiger partial charge in [-0.05, 0) is 70.0 Å². The van der Waals surface area contributed by atoms with Crippen LogP contribution in [0.5, 0.6) is 11.5 Å². The fourth-order valence-electron chi connectivity index (χ4n) is 5.60. The summed E-state index contributed by atoms with van der Waals surface area (Å²) in [5.74, 6) is 2.11. The molecular weight excluding hydrogens is 440 g/mol. The molecule has 2 saturated heterocycles. The van der Waals surface area contributed by atoms with E-state index in [1.54, 1.807) is 4.90 Å². The van der Waals surface area contributed by atoms with E-state index in [1.807, 2.05) is 32.9 Å². The lowest BCUT2D eigenvalue weighted by molar-refractivity contribution is -0.00888. The van der Waals surface area contributed by atoms with E-state index in [9.17, 15) is 4.79 Å². The van der Waals surface area contributed by atoms with Crippen LogP contribution in [0.3, 0.4) is 0 Å². The Hall–Kier alpha value is -2.73. The van der Waals surface area contributed by atoms with Gasteiger partial charge in [-0.2, -0.15) is 0 Å². The molecule has 2 aromatic rings. The molecule has 2 fully saturated rings. The topological polar surface area (TPSA) is 60.0 Å². The molecule has 4 aliphatic rings. The van der Waals surface area contributed by atoms with E-state index in [0.717, 1.165) is 63.1 Å². The van der Waals surface area contributed by atoms with Crippen LogP contribution in [0.2, 0.25) is 0 Å². The molecule has 4 heterocycles. The number of nitrogens with one attached hydrogen (secondary N) is 1. The molecule has 6 rings (SSSR count). The monoisotopic (exact) mass is 478 g/mol. The summed E-state index contributed by atoms with van der Waals surface area (Å²) in [5, 5.41) is 3.38. The third-order valence-electron chi connectivity index (χ3n) is 7.46. The molecule has 1 N–H and O–H groups in total. The first-order valence-electron chi connectivity index (χ1n) is 13.0. The maximum absolute atomic E-state index is 12.1. The van der Waals surface area contributed by atoms with Crippen molar-refractivity contribution < 1.29 is 19.0 Å². The summed E-state index contributed by atoms with van der Waals surface area (Å²) in [4.78, 5) is 13.9. The minimum atomic E-state index is -0.438. The quantitative estimate of drug-likeness (QED) is 0.569. The largest absolute Gasteiger partial charge is 0.487 e.